The molecule has 1 aliphatic rings. The molecule has 1 aromatic heterocycles. The van der Waals surface area contributed by atoms with Crippen LogP contribution in [0.1, 0.15) is 12.8 Å². The fraction of sp³-hybridized carbons (Fsp3) is 0.400. The van der Waals surface area contributed by atoms with E-state index in [4.69, 9.17) is 0 Å². The van der Waals surface area contributed by atoms with Crippen molar-refractivity contribution in [3.63, 3.8) is 0 Å². The van der Waals surface area contributed by atoms with Gasteiger partial charge in [-0.1, -0.05) is 6.07 Å². The van der Waals surface area contributed by atoms with Crippen LogP contribution < -0.4 is 10.2 Å². The van der Waals surface area contributed by atoms with Crippen LogP contribution in [-0.2, 0) is 0 Å². The Hall–Kier alpha value is -1.68. The van der Waals surface area contributed by atoms with Gasteiger partial charge in [-0.15, -0.1) is 0 Å². The number of nitrogens with one attached hydrogen (secondary N) is 1. The SMILES string of the molecule is CNC1CCN(c2nccc3ccc(F)cc23)CC1. The van der Waals surface area contributed by atoms with Crippen molar-refractivity contribution in [3.05, 3.63) is 36.3 Å². The summed E-state index contributed by atoms with van der Waals surface area (Å²) in [5, 5.41) is 5.27. The van der Waals surface area contributed by atoms with E-state index in [2.05, 4.69) is 15.2 Å². The Labute approximate surface area is 112 Å². The van der Waals surface area contributed by atoms with Crippen molar-refractivity contribution in [1.29, 1.82) is 0 Å². The van der Waals surface area contributed by atoms with Crippen LogP contribution in [0.3, 0.4) is 0 Å². The Morgan fingerprint density at radius 1 is 1.26 bits per heavy atom. The van der Waals surface area contributed by atoms with Crippen LogP contribution in [0.5, 0.6) is 0 Å². The van der Waals surface area contributed by atoms with Crippen LogP contribution in [0.4, 0.5) is 10.2 Å². The standard InChI is InChI=1S/C15H18FN3/c1-17-13-5-8-19(9-6-13)15-14-10-12(16)3-2-11(14)4-7-18-15/h2-4,7,10,13,17H,5-6,8-9H2,1H3. The number of pyridine rings is 1. The number of piperidine rings is 1. The number of halogens is 1. The highest BCUT2D eigenvalue weighted by molar-refractivity contribution is 5.92. The second kappa shape index (κ2) is 5.13. The quantitative estimate of drug-likeness (QED) is 0.898. The van der Waals surface area contributed by atoms with Gasteiger partial charge >= 0.3 is 0 Å². The van der Waals surface area contributed by atoms with Crippen molar-refractivity contribution in [2.75, 3.05) is 25.0 Å². The van der Waals surface area contributed by atoms with E-state index in [1.54, 1.807) is 12.3 Å². The van der Waals surface area contributed by atoms with Crippen molar-refractivity contribution in [1.82, 2.24) is 10.3 Å². The predicted molar refractivity (Wildman–Crippen MR) is 76.0 cm³/mol. The predicted octanol–water partition coefficient (Wildman–Crippen LogP) is 2.56. The zero-order valence-electron chi connectivity index (χ0n) is 11.1. The molecule has 0 spiro atoms. The van der Waals surface area contributed by atoms with E-state index >= 15 is 0 Å². The summed E-state index contributed by atoms with van der Waals surface area (Å²) in [6.45, 7) is 1.93. The maximum atomic E-state index is 13.4. The van der Waals surface area contributed by atoms with Gasteiger partial charge in [0.15, 0.2) is 0 Å². The fourth-order valence-corrected chi connectivity index (χ4v) is 2.76. The molecule has 2 heterocycles. The van der Waals surface area contributed by atoms with Crippen molar-refractivity contribution in [3.8, 4) is 0 Å². The highest BCUT2D eigenvalue weighted by Crippen LogP contribution is 2.27. The third-order valence-corrected chi connectivity index (χ3v) is 3.91. The van der Waals surface area contributed by atoms with Crippen LogP contribution in [0.25, 0.3) is 10.8 Å². The maximum Gasteiger partial charge on any atom is 0.136 e. The molecule has 1 aliphatic heterocycles. The molecule has 4 heteroatoms. The number of hydrogen-bond acceptors (Lipinski definition) is 3. The lowest BCUT2D eigenvalue weighted by atomic mass is 10.0. The zero-order valence-corrected chi connectivity index (χ0v) is 11.1. The largest absolute Gasteiger partial charge is 0.356 e. The molecular weight excluding hydrogens is 241 g/mol. The Bertz CT molecular complexity index is 577. The van der Waals surface area contributed by atoms with Gasteiger partial charge in [-0.25, -0.2) is 9.37 Å². The van der Waals surface area contributed by atoms with Crippen LogP contribution >= 0.6 is 0 Å². The lowest BCUT2D eigenvalue weighted by Crippen LogP contribution is -2.41. The van der Waals surface area contributed by atoms with Crippen LogP contribution in [0, 0.1) is 5.82 Å². The molecule has 0 atom stereocenters. The highest BCUT2D eigenvalue weighted by atomic mass is 19.1. The molecule has 0 amide bonds. The summed E-state index contributed by atoms with van der Waals surface area (Å²) < 4.78 is 13.4. The molecule has 3 rings (SSSR count). The molecule has 1 N–H and O–H groups in total. The molecule has 1 saturated heterocycles. The Balaban J connectivity index is 1.94. The molecule has 0 aliphatic carbocycles. The van der Waals surface area contributed by atoms with E-state index in [1.807, 2.05) is 19.2 Å². The van der Waals surface area contributed by atoms with Crippen LogP contribution in [0.15, 0.2) is 30.5 Å². The summed E-state index contributed by atoms with van der Waals surface area (Å²) in [7, 11) is 2.01. The number of aromatic nitrogens is 1. The number of nitrogens with zero attached hydrogens (tertiary/aromatic N) is 2. The third-order valence-electron chi connectivity index (χ3n) is 3.91. The monoisotopic (exact) mass is 259 g/mol. The third kappa shape index (κ3) is 2.40. The van der Waals surface area contributed by atoms with Crippen molar-refractivity contribution in [2.24, 2.45) is 0 Å². The molecular formula is C15H18FN3. The number of hydrogen-bond donors (Lipinski definition) is 1. The molecule has 1 fully saturated rings. The van der Waals surface area contributed by atoms with Gasteiger partial charge in [0.05, 0.1) is 0 Å². The van der Waals surface area contributed by atoms with E-state index in [-0.39, 0.29) is 5.82 Å². The van der Waals surface area contributed by atoms with Crippen molar-refractivity contribution in [2.45, 2.75) is 18.9 Å². The minimum atomic E-state index is -0.202. The van der Waals surface area contributed by atoms with E-state index < -0.39 is 0 Å². The first-order valence-corrected chi connectivity index (χ1v) is 6.74. The molecule has 0 bridgehead atoms. The average molecular weight is 259 g/mol. The molecule has 2 aromatic rings. The van der Waals surface area contributed by atoms with E-state index in [0.29, 0.717) is 6.04 Å². The number of fused-ring (bicyclic) bond motifs is 1. The Morgan fingerprint density at radius 2 is 2.05 bits per heavy atom. The minimum absolute atomic E-state index is 0.202. The van der Waals surface area contributed by atoms with Crippen molar-refractivity contribution < 1.29 is 4.39 Å². The average Bonchev–Trinajstić information content (AvgIpc) is 2.47. The lowest BCUT2D eigenvalue weighted by Gasteiger charge is -2.33. The number of benzene rings is 1. The summed E-state index contributed by atoms with van der Waals surface area (Å²) >= 11 is 0. The molecule has 0 saturated carbocycles. The second-order valence-electron chi connectivity index (χ2n) is 5.05. The van der Waals surface area contributed by atoms with Gasteiger partial charge in [-0.05, 0) is 43.5 Å². The fourth-order valence-electron chi connectivity index (χ4n) is 2.76. The first kappa shape index (κ1) is 12.4. The first-order valence-electron chi connectivity index (χ1n) is 6.74. The summed E-state index contributed by atoms with van der Waals surface area (Å²) in [5.74, 6) is 0.707. The topological polar surface area (TPSA) is 28.2 Å². The summed E-state index contributed by atoms with van der Waals surface area (Å²) in [4.78, 5) is 6.72. The zero-order chi connectivity index (χ0) is 13.2. The second-order valence-corrected chi connectivity index (χ2v) is 5.05. The summed E-state index contributed by atoms with van der Waals surface area (Å²) in [5.41, 5.74) is 0. The maximum absolute atomic E-state index is 13.4. The summed E-state index contributed by atoms with van der Waals surface area (Å²) in [6, 6.07) is 7.42. The molecule has 1 aromatic carbocycles. The van der Waals surface area contributed by atoms with Gasteiger partial charge in [0.25, 0.3) is 0 Å². The van der Waals surface area contributed by atoms with E-state index in [1.165, 1.54) is 6.07 Å². The van der Waals surface area contributed by atoms with Crippen LogP contribution in [-0.4, -0.2) is 31.2 Å². The van der Waals surface area contributed by atoms with Gasteiger partial charge in [0.1, 0.15) is 11.6 Å². The normalized spacial score (nSPS) is 17.1. The molecule has 3 nitrogen and oxygen atoms in total. The highest BCUT2D eigenvalue weighted by Gasteiger charge is 2.20. The van der Waals surface area contributed by atoms with Gasteiger partial charge in [0, 0.05) is 30.7 Å². The molecule has 0 radical (unpaired) electrons. The van der Waals surface area contributed by atoms with E-state index in [9.17, 15) is 4.39 Å². The Kier molecular flexibility index (Phi) is 3.34. The number of rotatable bonds is 2. The van der Waals surface area contributed by atoms with Crippen LogP contribution in [0.2, 0.25) is 0 Å². The molecule has 19 heavy (non-hydrogen) atoms. The van der Waals surface area contributed by atoms with Gasteiger partial charge < -0.3 is 10.2 Å². The smallest absolute Gasteiger partial charge is 0.136 e. The summed E-state index contributed by atoms with van der Waals surface area (Å²) in [6.07, 6.45) is 4.01. The lowest BCUT2D eigenvalue weighted by molar-refractivity contribution is 0.441. The molecule has 0 unspecified atom stereocenters. The minimum Gasteiger partial charge on any atom is -0.356 e. The number of anilines is 1. The van der Waals surface area contributed by atoms with Gasteiger partial charge in [0.2, 0.25) is 0 Å². The van der Waals surface area contributed by atoms with Crippen molar-refractivity contribution >= 4 is 16.6 Å². The van der Waals surface area contributed by atoms with E-state index in [0.717, 1.165) is 42.5 Å². The first-order chi connectivity index (χ1) is 9.28. The Morgan fingerprint density at radius 3 is 2.79 bits per heavy atom. The van der Waals surface area contributed by atoms with Gasteiger partial charge in [-0.3, -0.25) is 0 Å². The molecule has 100 valence electrons. The van der Waals surface area contributed by atoms with Gasteiger partial charge in [-0.2, -0.15) is 0 Å².